The predicted molar refractivity (Wildman–Crippen MR) is 116 cm³/mol. The molecule has 3 aromatic rings. The standard InChI is InChI=1S/C21H22ClN3OS/c1-12-4-9-15-17(10-12)27-21-18(15)20(26)23-19(24-21)16(22)11-13-5-7-14(8-6-13)25(2)3/h5-8,11-12H,4,9-10H2,1-3H3,(H,23,24,26)/b16-11-/t12-/m1/s1. The second-order valence-electron chi connectivity index (χ2n) is 7.42. The number of thiophene rings is 1. The number of nitrogens with zero attached hydrogens (tertiary/aromatic N) is 2. The van der Waals surface area contributed by atoms with Gasteiger partial charge in [0.25, 0.3) is 5.56 Å². The normalized spacial score (nSPS) is 17.2. The maximum atomic E-state index is 12.7. The maximum Gasteiger partial charge on any atom is 0.260 e. The average Bonchev–Trinajstić information content (AvgIpc) is 2.99. The van der Waals surface area contributed by atoms with Gasteiger partial charge in [0.1, 0.15) is 4.83 Å². The van der Waals surface area contributed by atoms with Crippen molar-refractivity contribution in [3.8, 4) is 0 Å². The van der Waals surface area contributed by atoms with Crippen LogP contribution in [0.2, 0.25) is 0 Å². The zero-order valence-corrected chi connectivity index (χ0v) is 17.2. The summed E-state index contributed by atoms with van der Waals surface area (Å²) in [6.45, 7) is 2.26. The molecule has 4 rings (SSSR count). The second kappa shape index (κ2) is 7.13. The highest BCUT2D eigenvalue weighted by Crippen LogP contribution is 2.36. The fourth-order valence-corrected chi connectivity index (χ4v) is 5.14. The number of hydrogen-bond donors (Lipinski definition) is 1. The number of anilines is 1. The third kappa shape index (κ3) is 3.54. The summed E-state index contributed by atoms with van der Waals surface area (Å²) in [5, 5.41) is 1.19. The van der Waals surface area contributed by atoms with E-state index in [0.29, 0.717) is 16.8 Å². The molecule has 0 saturated heterocycles. The molecule has 4 nitrogen and oxygen atoms in total. The van der Waals surface area contributed by atoms with Crippen molar-refractivity contribution < 1.29 is 0 Å². The quantitative estimate of drug-likeness (QED) is 0.680. The third-order valence-electron chi connectivity index (χ3n) is 5.09. The van der Waals surface area contributed by atoms with Gasteiger partial charge in [-0.2, -0.15) is 0 Å². The smallest absolute Gasteiger partial charge is 0.260 e. The number of H-pyrrole nitrogens is 1. The van der Waals surface area contributed by atoms with Crippen molar-refractivity contribution in [1.29, 1.82) is 0 Å². The van der Waals surface area contributed by atoms with Gasteiger partial charge in [0.05, 0.1) is 10.4 Å². The van der Waals surface area contributed by atoms with Gasteiger partial charge in [-0.25, -0.2) is 4.98 Å². The van der Waals surface area contributed by atoms with Crippen molar-refractivity contribution in [3.63, 3.8) is 0 Å². The van der Waals surface area contributed by atoms with Crippen LogP contribution in [0.15, 0.2) is 29.1 Å². The Morgan fingerprint density at radius 3 is 2.78 bits per heavy atom. The summed E-state index contributed by atoms with van der Waals surface area (Å²) < 4.78 is 0. The van der Waals surface area contributed by atoms with Crippen molar-refractivity contribution in [1.82, 2.24) is 9.97 Å². The summed E-state index contributed by atoms with van der Waals surface area (Å²) in [7, 11) is 4.01. The number of benzene rings is 1. The summed E-state index contributed by atoms with van der Waals surface area (Å²) in [4.78, 5) is 24.4. The van der Waals surface area contributed by atoms with Gasteiger partial charge in [-0.15, -0.1) is 11.3 Å². The molecule has 1 aliphatic carbocycles. The van der Waals surface area contributed by atoms with Crippen molar-refractivity contribution in [2.45, 2.75) is 26.2 Å². The van der Waals surface area contributed by atoms with Crippen LogP contribution in [-0.4, -0.2) is 24.1 Å². The van der Waals surface area contributed by atoms with Crippen LogP contribution in [0.1, 0.15) is 35.2 Å². The predicted octanol–water partition coefficient (Wildman–Crippen LogP) is 4.91. The summed E-state index contributed by atoms with van der Waals surface area (Å²) >= 11 is 8.13. The van der Waals surface area contributed by atoms with Gasteiger partial charge in [0.2, 0.25) is 0 Å². The monoisotopic (exact) mass is 399 g/mol. The minimum Gasteiger partial charge on any atom is -0.378 e. The van der Waals surface area contributed by atoms with Gasteiger partial charge in [-0.1, -0.05) is 30.7 Å². The van der Waals surface area contributed by atoms with E-state index in [1.54, 1.807) is 11.3 Å². The number of nitrogens with one attached hydrogen (secondary N) is 1. The van der Waals surface area contributed by atoms with E-state index in [1.807, 2.05) is 49.3 Å². The lowest BCUT2D eigenvalue weighted by atomic mass is 9.89. The van der Waals surface area contributed by atoms with Gasteiger partial charge in [-0.05, 0) is 54.5 Å². The molecule has 140 valence electrons. The van der Waals surface area contributed by atoms with Crippen LogP contribution in [0.5, 0.6) is 0 Å². The van der Waals surface area contributed by atoms with Crippen LogP contribution < -0.4 is 10.5 Å². The number of aromatic amines is 1. The van der Waals surface area contributed by atoms with Crippen molar-refractivity contribution in [3.05, 3.63) is 56.4 Å². The Morgan fingerprint density at radius 1 is 1.33 bits per heavy atom. The zero-order chi connectivity index (χ0) is 19.1. The lowest BCUT2D eigenvalue weighted by Gasteiger charge is -2.17. The molecule has 0 fully saturated rings. The van der Waals surface area contributed by atoms with Crippen LogP contribution >= 0.6 is 22.9 Å². The minimum atomic E-state index is -0.0865. The third-order valence-corrected chi connectivity index (χ3v) is 6.53. The topological polar surface area (TPSA) is 49.0 Å². The number of rotatable bonds is 3. The molecule has 27 heavy (non-hydrogen) atoms. The highest BCUT2D eigenvalue weighted by Gasteiger charge is 2.23. The molecule has 2 heterocycles. The molecule has 0 radical (unpaired) electrons. The SMILES string of the molecule is C[C@@H]1CCc2c(sc3nc(/C(Cl)=C/c4ccc(N(C)C)cc4)[nH]c(=O)c23)C1. The molecule has 2 aromatic heterocycles. The number of hydrogen-bond acceptors (Lipinski definition) is 4. The molecule has 1 aromatic carbocycles. The van der Waals surface area contributed by atoms with Gasteiger partial charge in [0, 0.05) is 24.7 Å². The molecule has 0 aliphatic heterocycles. The Hall–Kier alpha value is -2.11. The number of halogens is 1. The summed E-state index contributed by atoms with van der Waals surface area (Å²) in [5.41, 5.74) is 3.19. The van der Waals surface area contributed by atoms with Crippen LogP contribution in [0.25, 0.3) is 21.3 Å². The molecule has 0 unspecified atom stereocenters. The Balaban J connectivity index is 1.72. The van der Waals surface area contributed by atoms with Crippen molar-refractivity contribution >= 4 is 50.0 Å². The highest BCUT2D eigenvalue weighted by atomic mass is 35.5. The van der Waals surface area contributed by atoms with E-state index in [2.05, 4.69) is 16.9 Å². The number of aromatic nitrogens is 2. The van der Waals surface area contributed by atoms with E-state index >= 15 is 0 Å². The molecule has 0 spiro atoms. The number of aryl methyl sites for hydroxylation is 1. The number of fused-ring (bicyclic) bond motifs is 3. The Labute approximate surface area is 167 Å². The summed E-state index contributed by atoms with van der Waals surface area (Å²) in [5.74, 6) is 1.09. The molecule has 0 amide bonds. The van der Waals surface area contributed by atoms with Gasteiger partial charge in [-0.3, -0.25) is 4.79 Å². The highest BCUT2D eigenvalue weighted by molar-refractivity contribution is 7.18. The van der Waals surface area contributed by atoms with E-state index < -0.39 is 0 Å². The van der Waals surface area contributed by atoms with Gasteiger partial charge < -0.3 is 9.88 Å². The lowest BCUT2D eigenvalue weighted by Crippen LogP contribution is -2.14. The van der Waals surface area contributed by atoms with Crippen molar-refractivity contribution in [2.75, 3.05) is 19.0 Å². The van der Waals surface area contributed by atoms with Crippen LogP contribution in [0.3, 0.4) is 0 Å². The molecule has 1 N–H and O–H groups in total. The zero-order valence-electron chi connectivity index (χ0n) is 15.7. The Kier molecular flexibility index (Phi) is 4.82. The van der Waals surface area contributed by atoms with E-state index in [-0.39, 0.29) is 5.56 Å². The van der Waals surface area contributed by atoms with Crippen molar-refractivity contribution in [2.24, 2.45) is 5.92 Å². The first-order valence-corrected chi connectivity index (χ1v) is 10.3. The molecule has 1 aliphatic rings. The van der Waals surface area contributed by atoms with Gasteiger partial charge >= 0.3 is 0 Å². The Bertz CT molecular complexity index is 1080. The minimum absolute atomic E-state index is 0.0865. The summed E-state index contributed by atoms with van der Waals surface area (Å²) in [6.07, 6.45) is 4.96. The van der Waals surface area contributed by atoms with E-state index in [1.165, 1.54) is 10.4 Å². The van der Waals surface area contributed by atoms with Crippen LogP contribution in [0.4, 0.5) is 5.69 Å². The van der Waals surface area contributed by atoms with Crippen LogP contribution in [-0.2, 0) is 12.8 Å². The first-order chi connectivity index (χ1) is 12.9. The van der Waals surface area contributed by atoms with E-state index in [4.69, 9.17) is 11.6 Å². The lowest BCUT2D eigenvalue weighted by molar-refractivity contribution is 0.509. The molecule has 0 bridgehead atoms. The van der Waals surface area contributed by atoms with Crippen LogP contribution in [0, 0.1) is 5.92 Å². The molecule has 6 heteroatoms. The largest absolute Gasteiger partial charge is 0.378 e. The molecular weight excluding hydrogens is 378 g/mol. The molecular formula is C21H22ClN3OS. The van der Waals surface area contributed by atoms with E-state index in [9.17, 15) is 4.79 Å². The fourth-order valence-electron chi connectivity index (χ4n) is 3.55. The molecule has 1 atom stereocenters. The molecule has 0 saturated carbocycles. The fraction of sp³-hybridized carbons (Fsp3) is 0.333. The maximum absolute atomic E-state index is 12.7. The second-order valence-corrected chi connectivity index (χ2v) is 8.92. The summed E-state index contributed by atoms with van der Waals surface area (Å²) in [6, 6.07) is 8.06. The Morgan fingerprint density at radius 2 is 2.07 bits per heavy atom. The van der Waals surface area contributed by atoms with E-state index in [0.717, 1.165) is 40.7 Å². The first kappa shape index (κ1) is 18.3. The first-order valence-electron chi connectivity index (χ1n) is 9.12. The average molecular weight is 400 g/mol. The van der Waals surface area contributed by atoms with Gasteiger partial charge in [0.15, 0.2) is 5.82 Å².